The zero-order valence-corrected chi connectivity index (χ0v) is 15.4. The van der Waals surface area contributed by atoms with E-state index in [2.05, 4.69) is 24.1 Å². The van der Waals surface area contributed by atoms with Gasteiger partial charge in [-0.15, -0.1) is 0 Å². The second kappa shape index (κ2) is 8.68. The largest absolute Gasteiger partial charge is 0.493 e. The van der Waals surface area contributed by atoms with Crippen molar-refractivity contribution in [1.29, 1.82) is 0 Å². The molecule has 1 aromatic carbocycles. The van der Waals surface area contributed by atoms with E-state index in [4.69, 9.17) is 9.47 Å². The number of ether oxygens (including phenoxy) is 2. The first kappa shape index (κ1) is 18.2. The highest BCUT2D eigenvalue weighted by Crippen LogP contribution is 2.33. The molecule has 0 saturated carbocycles. The molecule has 1 saturated heterocycles. The van der Waals surface area contributed by atoms with Gasteiger partial charge in [-0.05, 0) is 45.7 Å². The Kier molecular flexibility index (Phi) is 6.32. The highest BCUT2D eigenvalue weighted by molar-refractivity contribution is 5.84. The first-order valence-electron chi connectivity index (χ1n) is 9.50. The minimum absolute atomic E-state index is 0.0779. The van der Waals surface area contributed by atoms with E-state index in [-0.39, 0.29) is 11.8 Å². The Morgan fingerprint density at radius 3 is 2.76 bits per heavy atom. The van der Waals surface area contributed by atoms with Crippen molar-refractivity contribution in [3.63, 3.8) is 0 Å². The number of nitrogens with one attached hydrogen (secondary N) is 1. The third kappa shape index (κ3) is 4.95. The second-order valence-corrected chi connectivity index (χ2v) is 7.24. The Morgan fingerprint density at radius 1 is 1.20 bits per heavy atom. The summed E-state index contributed by atoms with van der Waals surface area (Å²) in [5.41, 5.74) is 1.02. The first-order valence-corrected chi connectivity index (χ1v) is 9.50. The molecule has 5 nitrogen and oxygen atoms in total. The van der Waals surface area contributed by atoms with Gasteiger partial charge < -0.3 is 14.8 Å². The van der Waals surface area contributed by atoms with Crippen molar-refractivity contribution < 1.29 is 14.3 Å². The summed E-state index contributed by atoms with van der Waals surface area (Å²) in [4.78, 5) is 15.0. The van der Waals surface area contributed by atoms with Gasteiger partial charge in [-0.1, -0.05) is 18.2 Å². The molecular weight excluding hydrogens is 316 g/mol. The quantitative estimate of drug-likeness (QED) is 0.805. The maximum Gasteiger partial charge on any atom is 0.227 e. The lowest BCUT2D eigenvalue weighted by Crippen LogP contribution is -2.45. The van der Waals surface area contributed by atoms with Crippen LogP contribution in [-0.4, -0.2) is 55.8 Å². The van der Waals surface area contributed by atoms with Crippen LogP contribution in [0.4, 0.5) is 0 Å². The Hall–Kier alpha value is -1.59. The summed E-state index contributed by atoms with van der Waals surface area (Å²) in [6.45, 7) is 8.72. The number of nitrogens with zero attached hydrogens (tertiary/aromatic N) is 1. The maximum atomic E-state index is 12.5. The molecule has 3 atom stereocenters. The number of carbonyl (C=O) groups excluding carboxylic acids is 1. The van der Waals surface area contributed by atoms with Crippen LogP contribution in [0.5, 0.6) is 5.75 Å². The van der Waals surface area contributed by atoms with Crippen LogP contribution < -0.4 is 10.1 Å². The van der Waals surface area contributed by atoms with Crippen LogP contribution >= 0.6 is 0 Å². The van der Waals surface area contributed by atoms with E-state index in [1.165, 1.54) is 0 Å². The Balaban J connectivity index is 1.38. The third-order valence-corrected chi connectivity index (χ3v) is 4.97. The lowest BCUT2D eigenvalue weighted by atomic mass is 9.92. The molecule has 0 aromatic heterocycles. The van der Waals surface area contributed by atoms with Gasteiger partial charge in [0.05, 0.1) is 24.7 Å². The smallest absolute Gasteiger partial charge is 0.227 e. The zero-order valence-electron chi connectivity index (χ0n) is 15.4. The van der Waals surface area contributed by atoms with Crippen molar-refractivity contribution in [2.24, 2.45) is 0 Å². The zero-order chi connectivity index (χ0) is 17.6. The molecule has 1 aromatic rings. The van der Waals surface area contributed by atoms with Crippen LogP contribution in [-0.2, 0) is 9.53 Å². The molecule has 3 rings (SSSR count). The van der Waals surface area contributed by atoms with Crippen molar-refractivity contribution in [2.45, 2.75) is 51.2 Å². The Morgan fingerprint density at radius 2 is 1.96 bits per heavy atom. The summed E-state index contributed by atoms with van der Waals surface area (Å²) in [6, 6.07) is 7.86. The van der Waals surface area contributed by atoms with E-state index in [0.29, 0.717) is 18.8 Å². The van der Waals surface area contributed by atoms with E-state index in [0.717, 1.165) is 56.8 Å². The number of para-hydroxylation sites is 1. The van der Waals surface area contributed by atoms with Crippen LogP contribution in [0.25, 0.3) is 0 Å². The molecule has 1 amide bonds. The van der Waals surface area contributed by atoms with Gasteiger partial charge in [-0.3, -0.25) is 9.69 Å². The Labute approximate surface area is 150 Å². The number of carbonyl (C=O) groups is 1. The van der Waals surface area contributed by atoms with Crippen molar-refractivity contribution >= 4 is 5.91 Å². The maximum absolute atomic E-state index is 12.5. The number of morpholine rings is 1. The highest BCUT2D eigenvalue weighted by atomic mass is 16.5. The molecule has 0 spiro atoms. The average Bonchev–Trinajstić information content (AvgIpc) is 2.60. The summed E-state index contributed by atoms with van der Waals surface area (Å²) in [5.74, 6) is 0.903. The first-order chi connectivity index (χ1) is 12.1. The van der Waals surface area contributed by atoms with Crippen molar-refractivity contribution in [3.8, 4) is 5.75 Å². The number of rotatable bonds is 6. The van der Waals surface area contributed by atoms with Crippen molar-refractivity contribution in [1.82, 2.24) is 10.2 Å². The van der Waals surface area contributed by atoms with Gasteiger partial charge in [-0.2, -0.15) is 0 Å². The fraction of sp³-hybridized carbons (Fsp3) is 0.650. The van der Waals surface area contributed by atoms with Crippen LogP contribution in [0.2, 0.25) is 0 Å². The van der Waals surface area contributed by atoms with Crippen LogP contribution in [0.15, 0.2) is 24.3 Å². The topological polar surface area (TPSA) is 50.8 Å². The summed E-state index contributed by atoms with van der Waals surface area (Å²) in [7, 11) is 0. The minimum atomic E-state index is -0.0779. The molecule has 2 aliphatic rings. The Bertz CT molecular complexity index is 568. The standard InChI is InChI=1S/C20H30N2O3/c1-15-13-22(14-16(2)25-15)11-6-5-10-21-20(23)18-9-12-24-19-8-4-3-7-17(18)19/h3-4,7-8,15-16,18H,5-6,9-14H2,1-2H3,(H,21,23)/t15-,16+,18-/m1/s1. The molecule has 138 valence electrons. The minimum Gasteiger partial charge on any atom is -0.493 e. The van der Waals surface area contributed by atoms with Crippen molar-refractivity contribution in [3.05, 3.63) is 29.8 Å². The molecule has 25 heavy (non-hydrogen) atoms. The van der Waals surface area contributed by atoms with Gasteiger partial charge in [0.15, 0.2) is 0 Å². The van der Waals surface area contributed by atoms with Gasteiger partial charge in [0.25, 0.3) is 0 Å². The normalized spacial score (nSPS) is 26.6. The lowest BCUT2D eigenvalue weighted by Gasteiger charge is -2.35. The van der Waals surface area contributed by atoms with Crippen molar-refractivity contribution in [2.75, 3.05) is 32.8 Å². The summed E-state index contributed by atoms with van der Waals surface area (Å²) in [6.07, 6.45) is 3.50. The van der Waals surface area contributed by atoms with Gasteiger partial charge >= 0.3 is 0 Å². The molecule has 2 aliphatic heterocycles. The highest BCUT2D eigenvalue weighted by Gasteiger charge is 2.27. The van der Waals surface area contributed by atoms with Gasteiger partial charge in [-0.25, -0.2) is 0 Å². The van der Waals surface area contributed by atoms with Crippen LogP contribution in [0, 0.1) is 0 Å². The fourth-order valence-electron chi connectivity index (χ4n) is 3.88. The second-order valence-electron chi connectivity index (χ2n) is 7.24. The number of amides is 1. The number of unbranched alkanes of at least 4 members (excludes halogenated alkanes) is 1. The van der Waals surface area contributed by atoms with Crippen LogP contribution in [0.1, 0.15) is 44.6 Å². The van der Waals surface area contributed by atoms with Gasteiger partial charge in [0.2, 0.25) is 5.91 Å². The molecule has 0 unspecified atom stereocenters. The molecule has 5 heteroatoms. The molecule has 0 aliphatic carbocycles. The fourth-order valence-corrected chi connectivity index (χ4v) is 3.88. The average molecular weight is 346 g/mol. The van der Waals surface area contributed by atoms with Crippen LogP contribution in [0.3, 0.4) is 0 Å². The summed E-state index contributed by atoms with van der Waals surface area (Å²) < 4.78 is 11.4. The molecular formula is C20H30N2O3. The number of fused-ring (bicyclic) bond motifs is 1. The van der Waals surface area contributed by atoms with E-state index in [1.54, 1.807) is 0 Å². The van der Waals surface area contributed by atoms with E-state index < -0.39 is 0 Å². The number of hydrogen-bond donors (Lipinski definition) is 1. The molecule has 1 N–H and O–H groups in total. The van der Waals surface area contributed by atoms with E-state index >= 15 is 0 Å². The monoisotopic (exact) mass is 346 g/mol. The number of hydrogen-bond acceptors (Lipinski definition) is 4. The SMILES string of the molecule is C[C@@H]1CN(CCCCNC(=O)[C@@H]2CCOc3ccccc32)C[C@H](C)O1. The van der Waals surface area contributed by atoms with E-state index in [1.807, 2.05) is 24.3 Å². The molecule has 0 radical (unpaired) electrons. The van der Waals surface area contributed by atoms with E-state index in [9.17, 15) is 4.79 Å². The third-order valence-electron chi connectivity index (χ3n) is 4.97. The van der Waals surface area contributed by atoms with Gasteiger partial charge in [0.1, 0.15) is 5.75 Å². The summed E-state index contributed by atoms with van der Waals surface area (Å²) >= 11 is 0. The van der Waals surface area contributed by atoms with Gasteiger partial charge in [0, 0.05) is 25.2 Å². The summed E-state index contributed by atoms with van der Waals surface area (Å²) in [5, 5.41) is 3.11. The predicted octanol–water partition coefficient (Wildman–Crippen LogP) is 2.56. The predicted molar refractivity (Wildman–Crippen MR) is 98.0 cm³/mol. The molecule has 1 fully saturated rings. The lowest BCUT2D eigenvalue weighted by molar-refractivity contribution is -0.123. The molecule has 0 bridgehead atoms. The number of benzene rings is 1. The molecule has 2 heterocycles.